The Morgan fingerprint density at radius 2 is 1.34 bits per heavy atom. The molecule has 1 atom stereocenters. The number of unbranched alkanes of at least 4 members (excludes halogenated alkanes) is 10. The van der Waals surface area contributed by atoms with Crippen molar-refractivity contribution in [3.05, 3.63) is 0 Å². The van der Waals surface area contributed by atoms with E-state index < -0.39 is 10.1 Å². The highest BCUT2D eigenvalue weighted by Gasteiger charge is 2.30. The Morgan fingerprint density at radius 3 is 1.79 bits per heavy atom. The molecule has 0 aliphatic rings. The van der Waals surface area contributed by atoms with Crippen LogP contribution in [-0.4, -0.2) is 55.9 Å². The average Bonchev–Trinajstić information content (AvgIpc) is 2.62. The second kappa shape index (κ2) is 16.1. The second-order valence-corrected chi connectivity index (χ2v) is 10.5. The molecule has 1 unspecified atom stereocenters. The molecule has 0 saturated heterocycles. The van der Waals surface area contributed by atoms with Crippen molar-refractivity contribution in [2.24, 2.45) is 0 Å². The predicted molar refractivity (Wildman–Crippen MR) is 121 cm³/mol. The van der Waals surface area contributed by atoms with Gasteiger partial charge in [-0.3, -0.25) is 9.35 Å². The van der Waals surface area contributed by atoms with Gasteiger partial charge in [0.25, 0.3) is 10.1 Å². The fourth-order valence-corrected chi connectivity index (χ4v) is 4.32. The van der Waals surface area contributed by atoms with Crippen molar-refractivity contribution in [1.82, 2.24) is 5.32 Å². The summed E-state index contributed by atoms with van der Waals surface area (Å²) in [5.41, 5.74) is 0. The first-order valence-corrected chi connectivity index (χ1v) is 13.3. The number of quaternary nitrogens is 1. The molecule has 0 fully saturated rings. The van der Waals surface area contributed by atoms with Gasteiger partial charge in [0.05, 0.1) is 26.4 Å². The molecule has 6 nitrogen and oxygen atoms in total. The fourth-order valence-electron chi connectivity index (χ4n) is 3.80. The van der Waals surface area contributed by atoms with Crippen LogP contribution in [0, 0.1) is 0 Å². The highest BCUT2D eigenvalue weighted by Crippen LogP contribution is 2.14. The molecule has 29 heavy (non-hydrogen) atoms. The first-order valence-electron chi connectivity index (χ1n) is 11.7. The number of nitrogens with one attached hydrogen (secondary N) is 1. The van der Waals surface area contributed by atoms with Gasteiger partial charge in [0.1, 0.15) is 0 Å². The first kappa shape index (κ1) is 28.3. The van der Waals surface area contributed by atoms with Crippen LogP contribution in [-0.2, 0) is 14.9 Å². The van der Waals surface area contributed by atoms with E-state index in [1.54, 1.807) is 0 Å². The molecule has 0 bridgehead atoms. The van der Waals surface area contributed by atoms with Crippen LogP contribution in [0.5, 0.6) is 0 Å². The molecule has 174 valence electrons. The quantitative estimate of drug-likeness (QED) is 0.131. The summed E-state index contributed by atoms with van der Waals surface area (Å²) in [7, 11) is -0.0568. The zero-order valence-electron chi connectivity index (χ0n) is 19.4. The maximum Gasteiger partial charge on any atom is 0.265 e. The number of hydrogen-bond donors (Lipinski definition) is 2. The zero-order chi connectivity index (χ0) is 22.2. The van der Waals surface area contributed by atoms with E-state index in [0.29, 0.717) is 10.9 Å². The number of hydrogen-bond acceptors (Lipinski definition) is 3. The highest BCUT2D eigenvalue weighted by atomic mass is 32.2. The third kappa shape index (κ3) is 16.8. The lowest BCUT2D eigenvalue weighted by molar-refractivity contribution is -0.917. The molecule has 0 aliphatic heterocycles. The van der Waals surface area contributed by atoms with Crippen molar-refractivity contribution in [3.8, 4) is 0 Å². The fraction of sp³-hybridized carbons (Fsp3) is 0.955. The summed E-state index contributed by atoms with van der Waals surface area (Å²) < 4.78 is 31.8. The Hall–Kier alpha value is -0.660. The maximum atomic E-state index is 12.4. The molecule has 0 rings (SSSR count). The summed E-state index contributed by atoms with van der Waals surface area (Å²) in [5.74, 6) is -0.356. The monoisotopic (exact) mass is 435 g/mol. The number of amides is 1. The minimum absolute atomic E-state index is 0.0245. The molecule has 0 heterocycles. The van der Waals surface area contributed by atoms with Crippen LogP contribution in [0.15, 0.2) is 0 Å². The lowest BCUT2D eigenvalue weighted by atomic mass is 10.1. The molecule has 2 N–H and O–H groups in total. The van der Waals surface area contributed by atoms with Crippen molar-refractivity contribution < 1.29 is 22.2 Å². The van der Waals surface area contributed by atoms with Gasteiger partial charge in [0.2, 0.25) is 5.91 Å². The average molecular weight is 436 g/mol. The van der Waals surface area contributed by atoms with Gasteiger partial charge < -0.3 is 9.80 Å². The van der Waals surface area contributed by atoms with Crippen LogP contribution in [0.3, 0.4) is 0 Å². The molecule has 1 amide bonds. The summed E-state index contributed by atoms with van der Waals surface area (Å²) >= 11 is 0. The number of nitrogens with zero attached hydrogens (tertiary/aromatic N) is 1. The largest absolute Gasteiger partial charge is 0.309 e. The Bertz CT molecular complexity index is 521. The van der Waals surface area contributed by atoms with Crippen LogP contribution in [0.2, 0.25) is 0 Å². The minimum Gasteiger partial charge on any atom is -0.309 e. The molecule has 0 aromatic rings. The molecular weight excluding hydrogens is 388 g/mol. The SMILES string of the molecule is CCCCCCCCCCCCCC(=O)NC(CCS(=O)(=O)O)[N+](C)(C)CCC. The van der Waals surface area contributed by atoms with Crippen LogP contribution < -0.4 is 5.32 Å². The summed E-state index contributed by atoms with van der Waals surface area (Å²) in [6, 6.07) is 0. The lowest BCUT2D eigenvalue weighted by Gasteiger charge is -2.38. The molecule has 0 radical (unpaired) electrons. The zero-order valence-corrected chi connectivity index (χ0v) is 20.2. The van der Waals surface area contributed by atoms with Gasteiger partial charge in [-0.05, 0) is 12.8 Å². The van der Waals surface area contributed by atoms with E-state index in [-0.39, 0.29) is 24.2 Å². The maximum absolute atomic E-state index is 12.4. The van der Waals surface area contributed by atoms with Gasteiger partial charge in [0, 0.05) is 12.8 Å². The predicted octanol–water partition coefficient (Wildman–Crippen LogP) is 4.89. The smallest absolute Gasteiger partial charge is 0.265 e. The van der Waals surface area contributed by atoms with Gasteiger partial charge in [0.15, 0.2) is 6.17 Å². The van der Waals surface area contributed by atoms with Gasteiger partial charge in [-0.2, -0.15) is 8.42 Å². The van der Waals surface area contributed by atoms with E-state index in [4.69, 9.17) is 4.55 Å². The topological polar surface area (TPSA) is 83.5 Å². The Balaban J connectivity index is 4.07. The normalized spacial score (nSPS) is 13.4. The lowest BCUT2D eigenvalue weighted by Crippen LogP contribution is -2.58. The first-order chi connectivity index (χ1) is 13.6. The molecule has 7 heteroatoms. The van der Waals surface area contributed by atoms with E-state index in [1.807, 2.05) is 14.1 Å². The molecule has 0 aliphatic carbocycles. The molecular formula is C22H47N2O4S+. The van der Waals surface area contributed by atoms with Gasteiger partial charge in [-0.25, -0.2) is 0 Å². The van der Waals surface area contributed by atoms with E-state index in [2.05, 4.69) is 19.2 Å². The van der Waals surface area contributed by atoms with Crippen LogP contribution in [0.4, 0.5) is 0 Å². The molecule has 0 saturated carbocycles. The van der Waals surface area contributed by atoms with Crippen molar-refractivity contribution in [2.45, 2.75) is 110 Å². The van der Waals surface area contributed by atoms with E-state index in [0.717, 1.165) is 25.8 Å². The second-order valence-electron chi connectivity index (χ2n) is 8.95. The summed E-state index contributed by atoms with van der Waals surface area (Å²) in [4.78, 5) is 12.4. The van der Waals surface area contributed by atoms with Gasteiger partial charge >= 0.3 is 0 Å². The Morgan fingerprint density at radius 1 is 0.862 bits per heavy atom. The highest BCUT2D eigenvalue weighted by molar-refractivity contribution is 7.85. The van der Waals surface area contributed by atoms with Gasteiger partial charge in [-0.15, -0.1) is 0 Å². The molecule has 0 aromatic carbocycles. The number of carbonyl (C=O) groups excluding carboxylic acids is 1. The van der Waals surface area contributed by atoms with Crippen molar-refractivity contribution in [3.63, 3.8) is 0 Å². The van der Waals surface area contributed by atoms with Crippen LogP contribution in [0.1, 0.15) is 104 Å². The standard InChI is InChI=1S/C22H46N2O4S/c1-5-7-8-9-10-11-12-13-14-15-16-17-22(25)23-21(18-20-29(26,27)28)24(3,4)19-6-2/h21H,5-20H2,1-4H3,(H-,23,25,26,27,28)/p+1. The Labute approximate surface area is 180 Å². The van der Waals surface area contributed by atoms with Crippen LogP contribution in [0.25, 0.3) is 0 Å². The van der Waals surface area contributed by atoms with Crippen molar-refractivity contribution >= 4 is 16.0 Å². The third-order valence-electron chi connectivity index (χ3n) is 5.63. The number of carbonyl (C=O) groups is 1. The third-order valence-corrected chi connectivity index (χ3v) is 6.38. The Kier molecular flexibility index (Phi) is 15.7. The van der Waals surface area contributed by atoms with E-state index in [1.165, 1.54) is 57.8 Å². The summed E-state index contributed by atoms with van der Waals surface area (Å²) in [6.07, 6.45) is 15.0. The van der Waals surface area contributed by atoms with Gasteiger partial charge in [-0.1, -0.05) is 78.1 Å². The summed E-state index contributed by atoms with van der Waals surface area (Å²) in [6.45, 7) is 5.13. The van der Waals surface area contributed by atoms with E-state index >= 15 is 0 Å². The minimum atomic E-state index is -4.03. The molecule has 0 aromatic heterocycles. The van der Waals surface area contributed by atoms with Crippen LogP contribution >= 0.6 is 0 Å². The van der Waals surface area contributed by atoms with Crippen molar-refractivity contribution in [1.29, 1.82) is 0 Å². The van der Waals surface area contributed by atoms with E-state index in [9.17, 15) is 13.2 Å². The number of rotatable bonds is 19. The molecule has 0 spiro atoms. The summed E-state index contributed by atoms with van der Waals surface area (Å²) in [5, 5.41) is 3.01. The van der Waals surface area contributed by atoms with Crippen molar-refractivity contribution in [2.75, 3.05) is 26.4 Å².